The highest BCUT2D eigenvalue weighted by molar-refractivity contribution is 6.02. The van der Waals surface area contributed by atoms with Gasteiger partial charge in [-0.1, -0.05) is 29.8 Å². The van der Waals surface area contributed by atoms with Crippen LogP contribution >= 0.6 is 0 Å². The van der Waals surface area contributed by atoms with Crippen LogP contribution in [0.4, 0.5) is 0 Å². The van der Waals surface area contributed by atoms with Crippen molar-refractivity contribution in [3.8, 4) is 0 Å². The van der Waals surface area contributed by atoms with Gasteiger partial charge in [-0.15, -0.1) is 0 Å². The number of carbonyl (C=O) groups is 2. The van der Waals surface area contributed by atoms with Crippen LogP contribution in [0.5, 0.6) is 0 Å². The maximum Gasteiger partial charge on any atom is 0.289 e. The molecule has 1 heterocycles. The number of aliphatic hydroxyl groups is 1. The van der Waals surface area contributed by atoms with Crippen molar-refractivity contribution in [2.75, 3.05) is 0 Å². The molecule has 1 atom stereocenters. The molecule has 0 saturated heterocycles. The molecule has 2 rings (SSSR count). The number of furan rings is 1. The van der Waals surface area contributed by atoms with Gasteiger partial charge in [0.1, 0.15) is 0 Å². The van der Waals surface area contributed by atoms with Gasteiger partial charge < -0.3 is 14.8 Å². The number of aliphatic hydroxyl groups excluding tert-OH is 1. The number of benzene rings is 1. The minimum absolute atomic E-state index is 0.0377. The van der Waals surface area contributed by atoms with Crippen molar-refractivity contribution >= 4 is 11.7 Å². The SMILES string of the molecule is Cc1ccc(C(=O)[C@@H](O)NC(=O)c2ccco2)cc1. The number of ketones is 1. The summed E-state index contributed by atoms with van der Waals surface area (Å²) < 4.78 is 4.86. The third-order valence-electron chi connectivity index (χ3n) is 2.60. The maximum atomic E-state index is 11.9. The van der Waals surface area contributed by atoms with Crippen molar-refractivity contribution in [3.05, 3.63) is 59.5 Å². The van der Waals surface area contributed by atoms with Crippen molar-refractivity contribution < 1.29 is 19.1 Å². The zero-order valence-electron chi connectivity index (χ0n) is 10.3. The lowest BCUT2D eigenvalue weighted by molar-refractivity contribution is 0.0597. The molecule has 98 valence electrons. The highest BCUT2D eigenvalue weighted by atomic mass is 16.3. The van der Waals surface area contributed by atoms with Crippen LogP contribution in [0.25, 0.3) is 0 Å². The molecule has 0 aliphatic carbocycles. The first kappa shape index (κ1) is 13.0. The van der Waals surface area contributed by atoms with E-state index in [4.69, 9.17) is 4.42 Å². The summed E-state index contributed by atoms with van der Waals surface area (Å²) in [5, 5.41) is 11.9. The Balaban J connectivity index is 2.03. The first-order valence-corrected chi connectivity index (χ1v) is 5.71. The van der Waals surface area contributed by atoms with Gasteiger partial charge in [-0.3, -0.25) is 9.59 Å². The summed E-state index contributed by atoms with van der Waals surface area (Å²) in [6, 6.07) is 9.70. The smallest absolute Gasteiger partial charge is 0.289 e. The normalized spacial score (nSPS) is 11.9. The molecule has 0 saturated carbocycles. The summed E-state index contributed by atoms with van der Waals surface area (Å²) in [5.74, 6) is -1.17. The van der Waals surface area contributed by atoms with Crippen LogP contribution in [0, 0.1) is 6.92 Å². The Labute approximate surface area is 109 Å². The van der Waals surface area contributed by atoms with Gasteiger partial charge in [0.25, 0.3) is 5.91 Å². The van der Waals surface area contributed by atoms with Crippen LogP contribution in [-0.2, 0) is 0 Å². The molecule has 0 fully saturated rings. The molecule has 0 radical (unpaired) electrons. The highest BCUT2D eigenvalue weighted by Gasteiger charge is 2.20. The molecule has 1 amide bonds. The van der Waals surface area contributed by atoms with Gasteiger partial charge in [-0.2, -0.15) is 0 Å². The summed E-state index contributed by atoms with van der Waals surface area (Å²) in [7, 11) is 0. The second-order valence-corrected chi connectivity index (χ2v) is 4.08. The van der Waals surface area contributed by atoms with E-state index in [2.05, 4.69) is 5.32 Å². The topological polar surface area (TPSA) is 79.5 Å². The molecule has 0 spiro atoms. The van der Waals surface area contributed by atoms with Crippen LogP contribution in [-0.4, -0.2) is 23.0 Å². The first-order chi connectivity index (χ1) is 9.08. The van der Waals surface area contributed by atoms with Crippen molar-refractivity contribution in [1.29, 1.82) is 0 Å². The molecule has 0 aliphatic heterocycles. The van der Waals surface area contributed by atoms with Crippen molar-refractivity contribution in [3.63, 3.8) is 0 Å². The third-order valence-corrected chi connectivity index (χ3v) is 2.60. The molecule has 1 aromatic heterocycles. The van der Waals surface area contributed by atoms with E-state index >= 15 is 0 Å². The van der Waals surface area contributed by atoms with E-state index in [1.807, 2.05) is 6.92 Å². The van der Waals surface area contributed by atoms with Crippen molar-refractivity contribution in [1.82, 2.24) is 5.32 Å². The van der Waals surface area contributed by atoms with Crippen LogP contribution in [0.3, 0.4) is 0 Å². The van der Waals surface area contributed by atoms with Gasteiger partial charge in [-0.05, 0) is 19.1 Å². The average Bonchev–Trinajstić information content (AvgIpc) is 2.92. The number of rotatable bonds is 4. The van der Waals surface area contributed by atoms with Gasteiger partial charge in [0.05, 0.1) is 6.26 Å². The van der Waals surface area contributed by atoms with Crippen LogP contribution in [0.2, 0.25) is 0 Å². The molecule has 5 nitrogen and oxygen atoms in total. The standard InChI is InChI=1S/C14H13NO4/c1-9-4-6-10(7-5-9)12(16)14(18)15-13(17)11-3-2-8-19-11/h2-8,14,18H,1H3,(H,15,17)/t14-/m1/s1. The Morgan fingerprint density at radius 2 is 1.89 bits per heavy atom. The van der Waals surface area contributed by atoms with E-state index in [1.165, 1.54) is 12.3 Å². The number of aryl methyl sites for hydroxylation is 1. The Kier molecular flexibility index (Phi) is 3.77. The predicted molar refractivity (Wildman–Crippen MR) is 67.7 cm³/mol. The van der Waals surface area contributed by atoms with Crippen molar-refractivity contribution in [2.24, 2.45) is 0 Å². The Morgan fingerprint density at radius 3 is 2.47 bits per heavy atom. The van der Waals surface area contributed by atoms with Crippen LogP contribution in [0.1, 0.15) is 26.5 Å². The van der Waals surface area contributed by atoms with Crippen LogP contribution < -0.4 is 5.32 Å². The summed E-state index contributed by atoms with van der Waals surface area (Å²) in [6.07, 6.45) is -0.261. The summed E-state index contributed by atoms with van der Waals surface area (Å²) in [6.45, 7) is 1.89. The molecule has 2 N–H and O–H groups in total. The van der Waals surface area contributed by atoms with Crippen molar-refractivity contribution in [2.45, 2.75) is 13.2 Å². The molecule has 1 aromatic carbocycles. The lowest BCUT2D eigenvalue weighted by Crippen LogP contribution is -2.40. The van der Waals surface area contributed by atoms with Crippen LogP contribution in [0.15, 0.2) is 47.1 Å². The fraction of sp³-hybridized carbons (Fsp3) is 0.143. The summed E-state index contributed by atoms with van der Waals surface area (Å²) >= 11 is 0. The van der Waals surface area contributed by atoms with E-state index in [0.29, 0.717) is 5.56 Å². The first-order valence-electron chi connectivity index (χ1n) is 5.71. The minimum atomic E-state index is -1.60. The molecule has 2 aromatic rings. The Bertz CT molecular complexity index is 572. The van der Waals surface area contributed by atoms with E-state index in [0.717, 1.165) is 5.56 Å². The number of hydrogen-bond acceptors (Lipinski definition) is 4. The molecule has 5 heteroatoms. The number of carbonyl (C=O) groups excluding carboxylic acids is 2. The lowest BCUT2D eigenvalue weighted by Gasteiger charge is -2.10. The average molecular weight is 259 g/mol. The number of nitrogens with one attached hydrogen (secondary N) is 1. The molecule has 0 aliphatic rings. The zero-order chi connectivity index (χ0) is 13.8. The molecular weight excluding hydrogens is 246 g/mol. The fourth-order valence-corrected chi connectivity index (χ4v) is 1.54. The molecule has 0 unspecified atom stereocenters. The van der Waals surface area contributed by atoms with E-state index in [9.17, 15) is 14.7 Å². The third kappa shape index (κ3) is 3.08. The summed E-state index contributed by atoms with van der Waals surface area (Å²) in [5.41, 5.74) is 1.34. The van der Waals surface area contributed by atoms with Gasteiger partial charge >= 0.3 is 0 Å². The Hall–Kier alpha value is -2.40. The monoisotopic (exact) mass is 259 g/mol. The number of hydrogen-bond donors (Lipinski definition) is 2. The Morgan fingerprint density at radius 1 is 1.21 bits per heavy atom. The predicted octanol–water partition coefficient (Wildman–Crippen LogP) is 1.52. The fourth-order valence-electron chi connectivity index (χ4n) is 1.54. The molecular formula is C14H13NO4. The summed E-state index contributed by atoms with van der Waals surface area (Å²) in [4.78, 5) is 23.5. The zero-order valence-corrected chi connectivity index (χ0v) is 10.3. The quantitative estimate of drug-likeness (QED) is 0.644. The second-order valence-electron chi connectivity index (χ2n) is 4.08. The van der Waals surface area contributed by atoms with E-state index in [-0.39, 0.29) is 5.76 Å². The van der Waals surface area contributed by atoms with Gasteiger partial charge in [-0.25, -0.2) is 0 Å². The number of Topliss-reactive ketones (excluding diaryl/α,β-unsaturated/α-hetero) is 1. The maximum absolute atomic E-state index is 11.9. The highest BCUT2D eigenvalue weighted by Crippen LogP contribution is 2.06. The van der Waals surface area contributed by atoms with Gasteiger partial charge in [0, 0.05) is 5.56 Å². The van der Waals surface area contributed by atoms with Gasteiger partial charge in [0.15, 0.2) is 12.0 Å². The molecule has 19 heavy (non-hydrogen) atoms. The largest absolute Gasteiger partial charge is 0.459 e. The lowest BCUT2D eigenvalue weighted by atomic mass is 10.1. The van der Waals surface area contributed by atoms with E-state index in [1.54, 1.807) is 30.3 Å². The minimum Gasteiger partial charge on any atom is -0.459 e. The second kappa shape index (κ2) is 5.49. The molecule has 0 bridgehead atoms. The van der Waals surface area contributed by atoms with Gasteiger partial charge in [0.2, 0.25) is 5.78 Å². The van der Waals surface area contributed by atoms with E-state index < -0.39 is 17.9 Å². The number of amides is 1.